The summed E-state index contributed by atoms with van der Waals surface area (Å²) in [6.45, 7) is 2.26. The summed E-state index contributed by atoms with van der Waals surface area (Å²) < 4.78 is 22.4. The highest BCUT2D eigenvalue weighted by Gasteiger charge is 2.29. The van der Waals surface area contributed by atoms with Crippen LogP contribution in [-0.4, -0.2) is 43.6 Å². The molecule has 1 fully saturated rings. The summed E-state index contributed by atoms with van der Waals surface area (Å²) in [6.07, 6.45) is 1.97. The molecule has 1 amide bonds. The van der Waals surface area contributed by atoms with Gasteiger partial charge in [0.1, 0.15) is 0 Å². The summed E-state index contributed by atoms with van der Waals surface area (Å²) in [5.74, 6) is 0.260. The summed E-state index contributed by atoms with van der Waals surface area (Å²) in [5, 5.41) is 11.8. The second-order valence-corrected chi connectivity index (χ2v) is 7.04. The maximum atomic E-state index is 11.5. The molecule has 1 rings (SSSR count). The molecule has 0 aromatic carbocycles. The molecule has 2 unspecified atom stereocenters. The van der Waals surface area contributed by atoms with Crippen molar-refractivity contribution in [3.05, 3.63) is 0 Å². The van der Waals surface area contributed by atoms with E-state index in [4.69, 9.17) is 5.11 Å². The monoisotopic (exact) mass is 263 g/mol. The minimum atomic E-state index is -2.89. The number of aliphatic hydroxyl groups excluding tert-OH is 1. The minimum Gasteiger partial charge on any atom is -0.393 e. The van der Waals surface area contributed by atoms with Gasteiger partial charge in [-0.3, -0.25) is 4.79 Å². The van der Waals surface area contributed by atoms with Gasteiger partial charge in [0.25, 0.3) is 0 Å². The van der Waals surface area contributed by atoms with Gasteiger partial charge in [0.15, 0.2) is 9.84 Å². The van der Waals surface area contributed by atoms with Crippen molar-refractivity contribution in [2.45, 2.75) is 38.7 Å². The molecular formula is C11H21NO4S. The van der Waals surface area contributed by atoms with Crippen LogP contribution in [0.4, 0.5) is 0 Å². The summed E-state index contributed by atoms with van der Waals surface area (Å²) in [6, 6.07) is 0. The molecule has 1 aliphatic heterocycles. The first-order chi connectivity index (χ1) is 7.89. The lowest BCUT2D eigenvalue weighted by Crippen LogP contribution is -2.27. The first-order valence-electron chi connectivity index (χ1n) is 6.04. The van der Waals surface area contributed by atoms with Gasteiger partial charge >= 0.3 is 0 Å². The largest absolute Gasteiger partial charge is 0.393 e. The van der Waals surface area contributed by atoms with Crippen molar-refractivity contribution in [2.75, 3.05) is 18.1 Å². The van der Waals surface area contributed by atoms with Crippen molar-refractivity contribution in [1.82, 2.24) is 5.32 Å². The molecule has 0 aromatic rings. The number of carbonyl (C=O) groups is 1. The predicted molar refractivity (Wildman–Crippen MR) is 65.3 cm³/mol. The molecule has 0 saturated carbocycles. The van der Waals surface area contributed by atoms with Gasteiger partial charge in [-0.1, -0.05) is 0 Å². The fourth-order valence-corrected chi connectivity index (χ4v) is 3.85. The lowest BCUT2D eigenvalue weighted by Gasteiger charge is -2.09. The van der Waals surface area contributed by atoms with Crippen LogP contribution in [0, 0.1) is 5.92 Å². The van der Waals surface area contributed by atoms with E-state index in [1.807, 2.05) is 0 Å². The lowest BCUT2D eigenvalue weighted by atomic mass is 10.1. The summed E-state index contributed by atoms with van der Waals surface area (Å²) in [5.41, 5.74) is 0. The van der Waals surface area contributed by atoms with E-state index < -0.39 is 9.84 Å². The molecule has 100 valence electrons. The van der Waals surface area contributed by atoms with Crippen LogP contribution in [-0.2, 0) is 14.6 Å². The van der Waals surface area contributed by atoms with Crippen molar-refractivity contribution in [3.63, 3.8) is 0 Å². The second-order valence-electron chi connectivity index (χ2n) is 4.81. The van der Waals surface area contributed by atoms with Gasteiger partial charge in [0.2, 0.25) is 5.91 Å². The zero-order chi connectivity index (χ0) is 12.9. The number of carbonyl (C=O) groups excluding carboxylic acids is 1. The highest BCUT2D eigenvalue weighted by atomic mass is 32.2. The number of amides is 1. The molecule has 17 heavy (non-hydrogen) atoms. The molecule has 6 heteroatoms. The second kappa shape index (κ2) is 6.35. The van der Waals surface area contributed by atoms with Crippen molar-refractivity contribution in [1.29, 1.82) is 0 Å². The van der Waals surface area contributed by atoms with E-state index in [1.54, 1.807) is 6.92 Å². The fraction of sp³-hybridized carbons (Fsp3) is 0.909. The van der Waals surface area contributed by atoms with Gasteiger partial charge < -0.3 is 10.4 Å². The highest BCUT2D eigenvalue weighted by Crippen LogP contribution is 2.21. The Labute approximate surface area is 103 Å². The van der Waals surface area contributed by atoms with Crippen molar-refractivity contribution in [2.24, 2.45) is 5.92 Å². The lowest BCUT2D eigenvalue weighted by molar-refractivity contribution is -0.121. The number of hydrogen-bond acceptors (Lipinski definition) is 4. The summed E-state index contributed by atoms with van der Waals surface area (Å²) in [4.78, 5) is 11.5. The normalized spacial score (nSPS) is 24.5. The van der Waals surface area contributed by atoms with E-state index in [2.05, 4.69) is 5.32 Å². The van der Waals surface area contributed by atoms with Gasteiger partial charge in [-0.25, -0.2) is 8.42 Å². The molecule has 0 spiro atoms. The Morgan fingerprint density at radius 1 is 1.53 bits per heavy atom. The number of sulfone groups is 1. The predicted octanol–water partition coefficient (Wildman–Crippen LogP) is 0.0884. The van der Waals surface area contributed by atoms with Gasteiger partial charge in [0.05, 0.1) is 17.6 Å². The SMILES string of the molecule is CC(O)CCCNC(=O)CC1CCS(=O)(=O)C1. The zero-order valence-corrected chi connectivity index (χ0v) is 11.0. The van der Waals surface area contributed by atoms with Crippen LogP contribution in [0.25, 0.3) is 0 Å². The summed E-state index contributed by atoms with van der Waals surface area (Å²) in [7, 11) is -2.89. The Hall–Kier alpha value is -0.620. The Morgan fingerprint density at radius 3 is 2.76 bits per heavy atom. The molecule has 2 atom stereocenters. The number of nitrogens with one attached hydrogen (secondary N) is 1. The average Bonchev–Trinajstić information content (AvgIpc) is 2.52. The van der Waals surface area contributed by atoms with E-state index in [0.29, 0.717) is 25.8 Å². The molecule has 0 radical (unpaired) electrons. The van der Waals surface area contributed by atoms with Gasteiger partial charge in [-0.2, -0.15) is 0 Å². The third kappa shape index (κ3) is 6.02. The van der Waals surface area contributed by atoms with Crippen molar-refractivity contribution >= 4 is 15.7 Å². The van der Waals surface area contributed by atoms with E-state index in [0.717, 1.165) is 6.42 Å². The molecule has 1 saturated heterocycles. The van der Waals surface area contributed by atoms with Crippen LogP contribution < -0.4 is 5.32 Å². The van der Waals surface area contributed by atoms with Gasteiger partial charge in [0, 0.05) is 13.0 Å². The van der Waals surface area contributed by atoms with Crippen LogP contribution in [0.2, 0.25) is 0 Å². The van der Waals surface area contributed by atoms with E-state index in [-0.39, 0.29) is 29.4 Å². The molecule has 0 bridgehead atoms. The molecular weight excluding hydrogens is 242 g/mol. The van der Waals surface area contributed by atoms with Crippen molar-refractivity contribution in [3.8, 4) is 0 Å². The highest BCUT2D eigenvalue weighted by molar-refractivity contribution is 7.91. The Kier molecular flexibility index (Phi) is 5.39. The summed E-state index contributed by atoms with van der Waals surface area (Å²) >= 11 is 0. The fourth-order valence-electron chi connectivity index (χ4n) is 1.99. The first kappa shape index (κ1) is 14.4. The first-order valence-corrected chi connectivity index (χ1v) is 7.86. The van der Waals surface area contributed by atoms with Crippen molar-refractivity contribution < 1.29 is 18.3 Å². The maximum absolute atomic E-state index is 11.5. The standard InChI is InChI=1S/C11H21NO4S/c1-9(13)3-2-5-12-11(14)7-10-4-6-17(15,16)8-10/h9-10,13H,2-8H2,1H3,(H,12,14). The van der Waals surface area contributed by atoms with Crippen LogP contribution in [0.15, 0.2) is 0 Å². The Bertz CT molecular complexity index is 350. The quantitative estimate of drug-likeness (QED) is 0.665. The molecule has 1 aliphatic rings. The van der Waals surface area contributed by atoms with Gasteiger partial charge in [-0.15, -0.1) is 0 Å². The third-order valence-corrected chi connectivity index (χ3v) is 4.76. The van der Waals surface area contributed by atoms with E-state index in [9.17, 15) is 13.2 Å². The molecule has 0 aromatic heterocycles. The van der Waals surface area contributed by atoms with E-state index >= 15 is 0 Å². The van der Waals surface area contributed by atoms with Crippen LogP contribution >= 0.6 is 0 Å². The number of hydrogen-bond donors (Lipinski definition) is 2. The molecule has 0 aliphatic carbocycles. The smallest absolute Gasteiger partial charge is 0.220 e. The van der Waals surface area contributed by atoms with Crippen LogP contribution in [0.5, 0.6) is 0 Å². The third-order valence-electron chi connectivity index (χ3n) is 2.92. The van der Waals surface area contributed by atoms with Crippen LogP contribution in [0.3, 0.4) is 0 Å². The molecule has 5 nitrogen and oxygen atoms in total. The average molecular weight is 263 g/mol. The van der Waals surface area contributed by atoms with E-state index in [1.165, 1.54) is 0 Å². The Morgan fingerprint density at radius 2 is 2.24 bits per heavy atom. The number of rotatable bonds is 6. The van der Waals surface area contributed by atoms with Crippen LogP contribution in [0.1, 0.15) is 32.6 Å². The Balaban J connectivity index is 2.14. The number of aliphatic hydroxyl groups is 1. The maximum Gasteiger partial charge on any atom is 0.220 e. The minimum absolute atomic E-state index is 0.0169. The molecule has 1 heterocycles. The van der Waals surface area contributed by atoms with Gasteiger partial charge in [-0.05, 0) is 32.1 Å². The zero-order valence-electron chi connectivity index (χ0n) is 10.2. The molecule has 2 N–H and O–H groups in total. The topological polar surface area (TPSA) is 83.5 Å².